The van der Waals surface area contributed by atoms with Crippen LogP contribution in [0.3, 0.4) is 0 Å². The second-order valence-corrected chi connectivity index (χ2v) is 6.60. The standard InChI is InChI=1S/C16H26F2N2O/c1-11(2)8-19-9-12-6-13(17)15(14(18)7-12)20(5)10-16(3,4)21/h6-7,11,19,21H,8-10H2,1-5H3. The Hall–Kier alpha value is -1.20. The van der Waals surface area contributed by atoms with Crippen LogP contribution in [-0.4, -0.2) is 30.8 Å². The highest BCUT2D eigenvalue weighted by molar-refractivity contribution is 5.50. The van der Waals surface area contributed by atoms with Gasteiger partial charge in [0.15, 0.2) is 0 Å². The van der Waals surface area contributed by atoms with E-state index in [-0.39, 0.29) is 12.2 Å². The zero-order chi connectivity index (χ0) is 16.2. The van der Waals surface area contributed by atoms with Gasteiger partial charge >= 0.3 is 0 Å². The van der Waals surface area contributed by atoms with Gasteiger partial charge in [-0.05, 0) is 44.0 Å². The zero-order valence-electron chi connectivity index (χ0n) is 13.5. The first-order valence-corrected chi connectivity index (χ1v) is 7.22. The normalized spacial score (nSPS) is 12.0. The summed E-state index contributed by atoms with van der Waals surface area (Å²) < 4.78 is 28.3. The van der Waals surface area contributed by atoms with E-state index >= 15 is 0 Å². The molecule has 0 bridgehead atoms. The quantitative estimate of drug-likeness (QED) is 0.813. The lowest BCUT2D eigenvalue weighted by Gasteiger charge is -2.28. The highest BCUT2D eigenvalue weighted by Gasteiger charge is 2.21. The molecule has 0 saturated carbocycles. The van der Waals surface area contributed by atoms with Crippen LogP contribution in [0.25, 0.3) is 0 Å². The number of likely N-dealkylation sites (N-methyl/N-ethyl adjacent to an activating group) is 1. The molecule has 21 heavy (non-hydrogen) atoms. The first-order valence-electron chi connectivity index (χ1n) is 7.22. The van der Waals surface area contributed by atoms with E-state index < -0.39 is 17.2 Å². The fraction of sp³-hybridized carbons (Fsp3) is 0.625. The summed E-state index contributed by atoms with van der Waals surface area (Å²) in [6, 6.07) is 2.68. The van der Waals surface area contributed by atoms with Crippen molar-refractivity contribution in [3.8, 4) is 0 Å². The molecule has 0 heterocycles. The maximum Gasteiger partial charge on any atom is 0.149 e. The first-order chi connectivity index (χ1) is 9.60. The van der Waals surface area contributed by atoms with Crippen LogP contribution >= 0.6 is 0 Å². The van der Waals surface area contributed by atoms with E-state index in [1.165, 1.54) is 17.0 Å². The molecule has 0 aromatic heterocycles. The third-order valence-electron chi connectivity index (χ3n) is 2.96. The van der Waals surface area contributed by atoms with Gasteiger partial charge in [0.05, 0.1) is 5.60 Å². The molecule has 3 nitrogen and oxygen atoms in total. The number of halogens is 2. The molecule has 0 spiro atoms. The molecule has 0 aliphatic rings. The molecule has 0 atom stereocenters. The van der Waals surface area contributed by atoms with Crippen LogP contribution in [0.5, 0.6) is 0 Å². The Morgan fingerprint density at radius 2 is 1.76 bits per heavy atom. The number of nitrogens with zero attached hydrogens (tertiary/aromatic N) is 1. The average molecular weight is 300 g/mol. The molecule has 0 unspecified atom stereocenters. The summed E-state index contributed by atoms with van der Waals surface area (Å²) in [6.45, 7) is 8.72. The topological polar surface area (TPSA) is 35.5 Å². The van der Waals surface area contributed by atoms with Crippen molar-refractivity contribution in [1.29, 1.82) is 0 Å². The monoisotopic (exact) mass is 300 g/mol. The molecule has 0 radical (unpaired) electrons. The largest absolute Gasteiger partial charge is 0.389 e. The Morgan fingerprint density at radius 3 is 2.19 bits per heavy atom. The highest BCUT2D eigenvalue weighted by Crippen LogP contribution is 2.25. The van der Waals surface area contributed by atoms with Crippen LogP contribution in [0.2, 0.25) is 0 Å². The minimum Gasteiger partial charge on any atom is -0.389 e. The van der Waals surface area contributed by atoms with Gasteiger partial charge in [-0.3, -0.25) is 0 Å². The summed E-state index contributed by atoms with van der Waals surface area (Å²) in [5.74, 6) is -0.733. The van der Waals surface area contributed by atoms with Gasteiger partial charge in [-0.25, -0.2) is 8.78 Å². The lowest BCUT2D eigenvalue weighted by atomic mass is 10.1. The Bertz CT molecular complexity index is 447. The Kier molecular flexibility index (Phi) is 6.10. The predicted molar refractivity (Wildman–Crippen MR) is 82.5 cm³/mol. The minimum absolute atomic E-state index is 0.107. The summed E-state index contributed by atoms with van der Waals surface area (Å²) in [6.07, 6.45) is 0. The summed E-state index contributed by atoms with van der Waals surface area (Å²) in [5, 5.41) is 12.9. The molecule has 0 fully saturated rings. The number of rotatable bonds is 7. The van der Waals surface area contributed by atoms with Crippen molar-refractivity contribution >= 4 is 5.69 Å². The fourth-order valence-electron chi connectivity index (χ4n) is 2.25. The number of aliphatic hydroxyl groups is 1. The summed E-state index contributed by atoms with van der Waals surface area (Å²) >= 11 is 0. The zero-order valence-corrected chi connectivity index (χ0v) is 13.5. The van der Waals surface area contributed by atoms with Crippen LogP contribution in [0.4, 0.5) is 14.5 Å². The first kappa shape index (κ1) is 17.9. The minimum atomic E-state index is -1.02. The smallest absolute Gasteiger partial charge is 0.149 e. The Balaban J connectivity index is 2.84. The molecule has 1 aromatic rings. The predicted octanol–water partition coefficient (Wildman–Crippen LogP) is 2.92. The van der Waals surface area contributed by atoms with Crippen LogP contribution in [0.1, 0.15) is 33.3 Å². The van der Waals surface area contributed by atoms with Gasteiger partial charge in [-0.1, -0.05) is 13.8 Å². The van der Waals surface area contributed by atoms with Gasteiger partial charge in [0, 0.05) is 20.1 Å². The van der Waals surface area contributed by atoms with Crippen molar-refractivity contribution in [1.82, 2.24) is 5.32 Å². The van der Waals surface area contributed by atoms with Crippen molar-refractivity contribution < 1.29 is 13.9 Å². The van der Waals surface area contributed by atoms with E-state index in [2.05, 4.69) is 19.2 Å². The Morgan fingerprint density at radius 1 is 1.24 bits per heavy atom. The molecule has 5 heteroatoms. The maximum absolute atomic E-state index is 14.1. The summed E-state index contributed by atoms with van der Waals surface area (Å²) in [4.78, 5) is 1.40. The van der Waals surface area contributed by atoms with Crippen LogP contribution in [0, 0.1) is 17.6 Å². The number of hydrogen-bond acceptors (Lipinski definition) is 3. The number of hydrogen-bond donors (Lipinski definition) is 2. The van der Waals surface area contributed by atoms with Crippen LogP contribution < -0.4 is 10.2 Å². The van der Waals surface area contributed by atoms with E-state index in [1.54, 1.807) is 20.9 Å². The number of anilines is 1. The second-order valence-electron chi connectivity index (χ2n) is 6.60. The van der Waals surface area contributed by atoms with Crippen molar-refractivity contribution in [2.24, 2.45) is 5.92 Å². The maximum atomic E-state index is 14.1. The van der Waals surface area contributed by atoms with Crippen LogP contribution in [0.15, 0.2) is 12.1 Å². The molecule has 120 valence electrons. The van der Waals surface area contributed by atoms with Crippen molar-refractivity contribution in [3.63, 3.8) is 0 Å². The number of nitrogens with one attached hydrogen (secondary N) is 1. The molecule has 2 N–H and O–H groups in total. The van der Waals surface area contributed by atoms with E-state index in [1.807, 2.05) is 0 Å². The third kappa shape index (κ3) is 5.98. The fourth-order valence-corrected chi connectivity index (χ4v) is 2.25. The lowest BCUT2D eigenvalue weighted by molar-refractivity contribution is 0.0883. The van der Waals surface area contributed by atoms with E-state index in [4.69, 9.17) is 0 Å². The molecule has 0 saturated heterocycles. The molecule has 0 aliphatic carbocycles. The van der Waals surface area contributed by atoms with Crippen molar-refractivity contribution in [2.45, 2.75) is 39.8 Å². The van der Waals surface area contributed by atoms with E-state index in [0.717, 1.165) is 6.54 Å². The summed E-state index contributed by atoms with van der Waals surface area (Å²) in [5.41, 5.74) is -0.554. The molecule has 1 aromatic carbocycles. The molecule has 1 rings (SSSR count). The van der Waals surface area contributed by atoms with Gasteiger partial charge in [0.25, 0.3) is 0 Å². The van der Waals surface area contributed by atoms with Crippen molar-refractivity contribution in [2.75, 3.05) is 25.0 Å². The average Bonchev–Trinajstić information content (AvgIpc) is 2.24. The molecular formula is C16H26F2N2O. The third-order valence-corrected chi connectivity index (χ3v) is 2.96. The van der Waals surface area contributed by atoms with Gasteiger partial charge in [0.2, 0.25) is 0 Å². The summed E-state index contributed by atoms with van der Waals surface area (Å²) in [7, 11) is 1.57. The van der Waals surface area contributed by atoms with E-state index in [0.29, 0.717) is 18.0 Å². The number of benzene rings is 1. The van der Waals surface area contributed by atoms with Gasteiger partial charge in [-0.15, -0.1) is 0 Å². The van der Waals surface area contributed by atoms with E-state index in [9.17, 15) is 13.9 Å². The highest BCUT2D eigenvalue weighted by atomic mass is 19.1. The van der Waals surface area contributed by atoms with Crippen molar-refractivity contribution in [3.05, 3.63) is 29.3 Å². The lowest BCUT2D eigenvalue weighted by Crippen LogP contribution is -2.37. The van der Waals surface area contributed by atoms with Crippen LogP contribution in [-0.2, 0) is 6.54 Å². The molecular weight excluding hydrogens is 274 g/mol. The second kappa shape index (κ2) is 7.18. The van der Waals surface area contributed by atoms with Gasteiger partial charge < -0.3 is 15.3 Å². The SMILES string of the molecule is CC(C)CNCc1cc(F)c(N(C)CC(C)(C)O)c(F)c1. The van der Waals surface area contributed by atoms with Gasteiger partial charge in [0.1, 0.15) is 17.3 Å². The molecule has 0 aliphatic heterocycles. The molecule has 0 amide bonds. The Labute approximate surface area is 126 Å². The van der Waals surface area contributed by atoms with Gasteiger partial charge in [-0.2, -0.15) is 0 Å².